The zero-order chi connectivity index (χ0) is 19.5. The average molecular weight is 388 g/mol. The predicted molar refractivity (Wildman–Crippen MR) is 105 cm³/mol. The number of piperazine rings is 1. The summed E-state index contributed by atoms with van der Waals surface area (Å²) < 4.78 is 20.9. The van der Waals surface area contributed by atoms with E-state index in [2.05, 4.69) is 39.2 Å². The number of hydrogen-bond acceptors (Lipinski definition) is 6. The van der Waals surface area contributed by atoms with Gasteiger partial charge in [0.15, 0.2) is 5.82 Å². The molecule has 0 radical (unpaired) electrons. The number of tetrazole rings is 1. The van der Waals surface area contributed by atoms with E-state index in [0.717, 1.165) is 63.7 Å². The Bertz CT molecular complexity index is 750. The Morgan fingerprint density at radius 3 is 2.54 bits per heavy atom. The zero-order valence-corrected chi connectivity index (χ0v) is 16.7. The number of nitrogens with zero attached hydrogens (tertiary/aromatic N) is 6. The highest BCUT2D eigenvalue weighted by Gasteiger charge is 2.32. The second kappa shape index (κ2) is 8.53. The number of anilines is 1. The summed E-state index contributed by atoms with van der Waals surface area (Å²) in [5, 5.41) is 12.6. The molecule has 1 aromatic heterocycles. The minimum absolute atomic E-state index is 0.173. The van der Waals surface area contributed by atoms with Crippen LogP contribution in [0.4, 0.5) is 10.1 Å². The van der Waals surface area contributed by atoms with E-state index < -0.39 is 0 Å². The first kappa shape index (κ1) is 19.3. The van der Waals surface area contributed by atoms with Gasteiger partial charge in [0.25, 0.3) is 0 Å². The van der Waals surface area contributed by atoms with Gasteiger partial charge in [0.05, 0.1) is 18.7 Å². The molecule has 152 valence electrons. The summed E-state index contributed by atoms with van der Waals surface area (Å²) in [5.74, 6) is 1.13. The van der Waals surface area contributed by atoms with Crippen molar-refractivity contribution in [3.8, 4) is 0 Å². The molecule has 0 saturated carbocycles. The maximum Gasteiger partial charge on any atom is 0.168 e. The van der Waals surface area contributed by atoms with Crippen LogP contribution < -0.4 is 4.90 Å². The summed E-state index contributed by atoms with van der Waals surface area (Å²) in [7, 11) is 0. The van der Waals surface area contributed by atoms with Crippen LogP contribution in [0.15, 0.2) is 24.3 Å². The molecule has 0 aliphatic carbocycles. The van der Waals surface area contributed by atoms with Gasteiger partial charge in [-0.25, -0.2) is 9.07 Å². The summed E-state index contributed by atoms with van der Waals surface area (Å²) in [4.78, 5) is 4.78. The van der Waals surface area contributed by atoms with Crippen molar-refractivity contribution in [3.63, 3.8) is 0 Å². The number of hydrogen-bond donors (Lipinski definition) is 0. The maximum atomic E-state index is 13.2. The number of benzene rings is 1. The van der Waals surface area contributed by atoms with Gasteiger partial charge in [0, 0.05) is 38.5 Å². The van der Waals surface area contributed by atoms with Crippen molar-refractivity contribution < 1.29 is 9.13 Å². The van der Waals surface area contributed by atoms with E-state index >= 15 is 0 Å². The normalized spacial score (nSPS) is 22.1. The lowest BCUT2D eigenvalue weighted by Gasteiger charge is -2.41. The molecule has 2 fully saturated rings. The van der Waals surface area contributed by atoms with E-state index in [1.54, 1.807) is 0 Å². The van der Waals surface area contributed by atoms with Gasteiger partial charge in [-0.05, 0) is 53.5 Å². The first-order valence-corrected chi connectivity index (χ1v) is 10.2. The van der Waals surface area contributed by atoms with E-state index in [1.165, 1.54) is 12.1 Å². The molecule has 0 bridgehead atoms. The third-order valence-electron chi connectivity index (χ3n) is 5.76. The predicted octanol–water partition coefficient (Wildman–Crippen LogP) is 2.51. The Hall–Kier alpha value is -2.06. The molecule has 0 N–H and O–H groups in total. The van der Waals surface area contributed by atoms with Crippen molar-refractivity contribution in [1.82, 2.24) is 25.1 Å². The summed E-state index contributed by atoms with van der Waals surface area (Å²) in [5.41, 5.74) is 1.07. The first-order valence-electron chi connectivity index (χ1n) is 10.2. The topological polar surface area (TPSA) is 59.3 Å². The Morgan fingerprint density at radius 1 is 1.14 bits per heavy atom. The van der Waals surface area contributed by atoms with Gasteiger partial charge in [0.2, 0.25) is 0 Å². The average Bonchev–Trinajstić information content (AvgIpc) is 3.36. The number of rotatable bonds is 6. The molecule has 3 heterocycles. The largest absolute Gasteiger partial charge is 0.376 e. The molecule has 0 unspecified atom stereocenters. The van der Waals surface area contributed by atoms with Crippen molar-refractivity contribution in [3.05, 3.63) is 35.9 Å². The molecule has 28 heavy (non-hydrogen) atoms. The second-order valence-electron chi connectivity index (χ2n) is 8.04. The number of aromatic nitrogens is 4. The van der Waals surface area contributed by atoms with Crippen LogP contribution in [0.25, 0.3) is 0 Å². The molecule has 1 aromatic carbocycles. The highest BCUT2D eigenvalue weighted by molar-refractivity contribution is 5.46. The SMILES string of the molecule is CC(C)[C@H](c1nnnn1C[C@@H]1CCCO1)N1CCN(c2ccc(F)cc2)CC1. The lowest BCUT2D eigenvalue weighted by atomic mass is 10.0. The highest BCUT2D eigenvalue weighted by atomic mass is 19.1. The Kier molecular flexibility index (Phi) is 5.87. The van der Waals surface area contributed by atoms with Crippen LogP contribution in [0.1, 0.15) is 38.6 Å². The number of ether oxygens (including phenoxy) is 1. The Balaban J connectivity index is 1.44. The van der Waals surface area contributed by atoms with Crippen molar-refractivity contribution >= 4 is 5.69 Å². The van der Waals surface area contributed by atoms with Crippen LogP contribution in [-0.4, -0.2) is 64.0 Å². The van der Waals surface area contributed by atoms with Crippen LogP contribution >= 0.6 is 0 Å². The monoisotopic (exact) mass is 388 g/mol. The van der Waals surface area contributed by atoms with E-state index in [9.17, 15) is 4.39 Å². The molecule has 2 saturated heterocycles. The molecule has 2 aliphatic heterocycles. The number of halogens is 1. The molecule has 2 aromatic rings. The fourth-order valence-electron chi connectivity index (χ4n) is 4.33. The maximum absolute atomic E-state index is 13.2. The van der Waals surface area contributed by atoms with Crippen LogP contribution in [0.5, 0.6) is 0 Å². The summed E-state index contributed by atoms with van der Waals surface area (Å²) >= 11 is 0. The van der Waals surface area contributed by atoms with Crippen LogP contribution in [-0.2, 0) is 11.3 Å². The minimum Gasteiger partial charge on any atom is -0.376 e. The van der Waals surface area contributed by atoms with Crippen LogP contribution in [0.3, 0.4) is 0 Å². The third-order valence-corrected chi connectivity index (χ3v) is 5.76. The molecule has 0 amide bonds. The standard InChI is InChI=1S/C20H29FN6O/c1-15(2)19(20-22-23-24-27(20)14-18-4-3-13-28-18)26-11-9-25(10-12-26)17-7-5-16(21)6-8-17/h5-8,15,18-19H,3-4,9-14H2,1-2H3/t18-,19+/m0/s1. The minimum atomic E-state index is -0.194. The van der Waals surface area contributed by atoms with Gasteiger partial charge in [-0.3, -0.25) is 4.90 Å². The molecule has 2 atom stereocenters. The van der Waals surface area contributed by atoms with Gasteiger partial charge in [0.1, 0.15) is 5.82 Å². The van der Waals surface area contributed by atoms with Crippen molar-refractivity contribution in [2.75, 3.05) is 37.7 Å². The van der Waals surface area contributed by atoms with E-state index in [-0.39, 0.29) is 18.0 Å². The van der Waals surface area contributed by atoms with Gasteiger partial charge >= 0.3 is 0 Å². The van der Waals surface area contributed by atoms with Gasteiger partial charge < -0.3 is 9.64 Å². The molecule has 4 rings (SSSR count). The first-order chi connectivity index (χ1) is 13.6. The third kappa shape index (κ3) is 4.17. The van der Waals surface area contributed by atoms with Crippen molar-refractivity contribution in [2.45, 2.75) is 45.4 Å². The molecular weight excluding hydrogens is 359 g/mol. The smallest absolute Gasteiger partial charge is 0.168 e. The summed E-state index contributed by atoms with van der Waals surface area (Å²) in [6.07, 6.45) is 2.40. The molecule has 7 nitrogen and oxygen atoms in total. The zero-order valence-electron chi connectivity index (χ0n) is 16.7. The molecule has 0 spiro atoms. The van der Waals surface area contributed by atoms with Crippen molar-refractivity contribution in [2.24, 2.45) is 5.92 Å². The fourth-order valence-corrected chi connectivity index (χ4v) is 4.33. The molecule has 2 aliphatic rings. The lowest BCUT2D eigenvalue weighted by Crippen LogP contribution is -2.49. The van der Waals surface area contributed by atoms with Crippen molar-refractivity contribution in [1.29, 1.82) is 0 Å². The fraction of sp³-hybridized carbons (Fsp3) is 0.650. The van der Waals surface area contributed by atoms with E-state index in [0.29, 0.717) is 5.92 Å². The van der Waals surface area contributed by atoms with E-state index in [1.807, 2.05) is 16.8 Å². The summed E-state index contributed by atoms with van der Waals surface area (Å²) in [6, 6.07) is 6.93. The lowest BCUT2D eigenvalue weighted by molar-refractivity contribution is 0.0865. The molecule has 8 heteroatoms. The van der Waals surface area contributed by atoms with Gasteiger partial charge in [-0.1, -0.05) is 13.8 Å². The van der Waals surface area contributed by atoms with Gasteiger partial charge in [-0.2, -0.15) is 0 Å². The summed E-state index contributed by atoms with van der Waals surface area (Å²) in [6.45, 7) is 9.66. The quantitative estimate of drug-likeness (QED) is 0.758. The Labute approximate surface area is 165 Å². The van der Waals surface area contributed by atoms with E-state index in [4.69, 9.17) is 4.74 Å². The second-order valence-corrected chi connectivity index (χ2v) is 8.04. The highest BCUT2D eigenvalue weighted by Crippen LogP contribution is 2.29. The van der Waals surface area contributed by atoms with Gasteiger partial charge in [-0.15, -0.1) is 5.10 Å². The van der Waals surface area contributed by atoms with Crippen LogP contribution in [0, 0.1) is 11.7 Å². The molecular formula is C20H29FN6O. The Morgan fingerprint density at radius 2 is 1.89 bits per heavy atom. The van der Waals surface area contributed by atoms with Crippen LogP contribution in [0.2, 0.25) is 0 Å².